The maximum atomic E-state index is 13.6. The summed E-state index contributed by atoms with van der Waals surface area (Å²) < 4.78 is 30.0. The van der Waals surface area contributed by atoms with Gasteiger partial charge < -0.3 is 24.0 Å². The summed E-state index contributed by atoms with van der Waals surface area (Å²) in [6, 6.07) is 5.67. The summed E-state index contributed by atoms with van der Waals surface area (Å²) in [5, 5.41) is 0. The largest absolute Gasteiger partial charge is 0.376 e. The normalized spacial score (nSPS) is 22.3. The van der Waals surface area contributed by atoms with Crippen LogP contribution >= 0.6 is 0 Å². The number of nitrogens with zero attached hydrogens (tertiary/aromatic N) is 2. The van der Waals surface area contributed by atoms with Gasteiger partial charge in [0.05, 0.1) is 18.8 Å². The lowest BCUT2D eigenvalue weighted by Crippen LogP contribution is -2.52. The van der Waals surface area contributed by atoms with Crippen LogP contribution in [0.25, 0.3) is 0 Å². The van der Waals surface area contributed by atoms with Gasteiger partial charge in [0.25, 0.3) is 5.91 Å². The minimum atomic E-state index is -0.451. The number of rotatable bonds is 7. The standard InChI is InChI=1S/C20H27FN2O5/c1-26-14-19(24)22-7-9-28-18(12-22)13-23(11-17-6-3-8-27-17)20(25)15-4-2-5-16(21)10-15/h2,4-5,10,17-18H,3,6-9,11-14H2,1H3/t17-,18-/m0/s1. The predicted molar refractivity (Wildman–Crippen MR) is 99.5 cm³/mol. The fourth-order valence-corrected chi connectivity index (χ4v) is 3.60. The van der Waals surface area contributed by atoms with Crippen LogP contribution in [0.1, 0.15) is 23.2 Å². The molecule has 28 heavy (non-hydrogen) atoms. The predicted octanol–water partition coefficient (Wildman–Crippen LogP) is 1.32. The van der Waals surface area contributed by atoms with E-state index in [2.05, 4.69) is 0 Å². The van der Waals surface area contributed by atoms with Crippen molar-refractivity contribution in [2.75, 3.05) is 53.1 Å². The summed E-state index contributed by atoms with van der Waals surface area (Å²) in [5.41, 5.74) is 0.293. The molecule has 2 amide bonds. The number of ether oxygens (including phenoxy) is 3. The first-order valence-corrected chi connectivity index (χ1v) is 9.61. The summed E-state index contributed by atoms with van der Waals surface area (Å²) in [6.45, 7) is 2.73. The molecule has 0 radical (unpaired) electrons. The van der Waals surface area contributed by atoms with Gasteiger partial charge in [-0.1, -0.05) is 6.07 Å². The molecule has 0 saturated carbocycles. The lowest BCUT2D eigenvalue weighted by atomic mass is 10.1. The second-order valence-corrected chi connectivity index (χ2v) is 7.12. The molecule has 0 spiro atoms. The van der Waals surface area contributed by atoms with Crippen molar-refractivity contribution in [2.24, 2.45) is 0 Å². The fourth-order valence-electron chi connectivity index (χ4n) is 3.60. The third kappa shape index (κ3) is 5.50. The summed E-state index contributed by atoms with van der Waals surface area (Å²) in [6.07, 6.45) is 1.50. The Morgan fingerprint density at radius 2 is 2.04 bits per heavy atom. The molecule has 3 rings (SSSR count). The smallest absolute Gasteiger partial charge is 0.254 e. The number of halogens is 1. The van der Waals surface area contributed by atoms with Crippen LogP contribution in [-0.4, -0.2) is 86.9 Å². The summed E-state index contributed by atoms with van der Waals surface area (Å²) >= 11 is 0. The summed E-state index contributed by atoms with van der Waals surface area (Å²) in [7, 11) is 1.48. The Balaban J connectivity index is 1.69. The van der Waals surface area contributed by atoms with E-state index >= 15 is 0 Å². The third-order valence-corrected chi connectivity index (χ3v) is 4.99. The topological polar surface area (TPSA) is 68.3 Å². The van der Waals surface area contributed by atoms with E-state index < -0.39 is 5.82 Å². The van der Waals surface area contributed by atoms with Crippen molar-refractivity contribution < 1.29 is 28.2 Å². The van der Waals surface area contributed by atoms with Crippen LogP contribution in [0.15, 0.2) is 24.3 Å². The lowest BCUT2D eigenvalue weighted by molar-refractivity contribution is -0.143. The van der Waals surface area contributed by atoms with Crippen molar-refractivity contribution in [3.05, 3.63) is 35.6 Å². The van der Waals surface area contributed by atoms with E-state index in [1.54, 1.807) is 15.9 Å². The van der Waals surface area contributed by atoms with Crippen LogP contribution in [0.2, 0.25) is 0 Å². The molecule has 154 valence electrons. The van der Waals surface area contributed by atoms with Gasteiger partial charge in [0, 0.05) is 45.5 Å². The molecule has 0 aromatic heterocycles. The van der Waals surface area contributed by atoms with Gasteiger partial charge in [-0.2, -0.15) is 0 Å². The van der Waals surface area contributed by atoms with E-state index in [0.29, 0.717) is 45.0 Å². The van der Waals surface area contributed by atoms with Crippen molar-refractivity contribution in [2.45, 2.75) is 25.0 Å². The molecule has 2 heterocycles. The van der Waals surface area contributed by atoms with Crippen molar-refractivity contribution in [3.8, 4) is 0 Å². The molecule has 0 N–H and O–H groups in total. The summed E-state index contributed by atoms with van der Waals surface area (Å²) in [5.74, 6) is -0.815. The van der Waals surface area contributed by atoms with Crippen LogP contribution in [0.3, 0.4) is 0 Å². The molecule has 1 aromatic carbocycles. The molecule has 0 unspecified atom stereocenters. The average molecular weight is 394 g/mol. The van der Waals surface area contributed by atoms with E-state index in [1.807, 2.05) is 0 Å². The van der Waals surface area contributed by atoms with Crippen molar-refractivity contribution in [1.82, 2.24) is 9.80 Å². The first-order chi connectivity index (χ1) is 13.6. The zero-order valence-electron chi connectivity index (χ0n) is 16.1. The minimum Gasteiger partial charge on any atom is -0.376 e. The molecule has 7 nitrogen and oxygen atoms in total. The second-order valence-electron chi connectivity index (χ2n) is 7.12. The average Bonchev–Trinajstić information content (AvgIpc) is 3.20. The van der Waals surface area contributed by atoms with Gasteiger partial charge in [-0.3, -0.25) is 9.59 Å². The third-order valence-electron chi connectivity index (χ3n) is 4.99. The molecule has 2 saturated heterocycles. The SMILES string of the molecule is COCC(=O)N1CCO[C@H](CN(C[C@@H]2CCCO2)C(=O)c2cccc(F)c2)C1. The molecule has 2 aliphatic rings. The van der Waals surface area contributed by atoms with E-state index in [1.165, 1.54) is 25.3 Å². The second kappa shape index (κ2) is 9.95. The first-order valence-electron chi connectivity index (χ1n) is 9.61. The molecular formula is C20H27FN2O5. The van der Waals surface area contributed by atoms with E-state index in [4.69, 9.17) is 14.2 Å². The molecule has 2 aliphatic heterocycles. The quantitative estimate of drug-likeness (QED) is 0.698. The number of carbonyl (C=O) groups excluding carboxylic acids is 2. The zero-order chi connectivity index (χ0) is 19.9. The number of hydrogen-bond donors (Lipinski definition) is 0. The van der Waals surface area contributed by atoms with Crippen molar-refractivity contribution >= 4 is 11.8 Å². The van der Waals surface area contributed by atoms with Gasteiger partial charge >= 0.3 is 0 Å². The Kier molecular flexibility index (Phi) is 7.36. The number of carbonyl (C=O) groups is 2. The van der Waals surface area contributed by atoms with Crippen molar-refractivity contribution in [3.63, 3.8) is 0 Å². The zero-order valence-corrected chi connectivity index (χ0v) is 16.1. The summed E-state index contributed by atoms with van der Waals surface area (Å²) in [4.78, 5) is 28.5. The van der Waals surface area contributed by atoms with Crippen molar-refractivity contribution in [1.29, 1.82) is 0 Å². The molecule has 0 bridgehead atoms. The van der Waals surface area contributed by atoms with Crippen LogP contribution in [0.5, 0.6) is 0 Å². The van der Waals surface area contributed by atoms with Gasteiger partial charge in [0.15, 0.2) is 0 Å². The first kappa shape index (κ1) is 20.7. The highest BCUT2D eigenvalue weighted by Crippen LogP contribution is 2.17. The van der Waals surface area contributed by atoms with Gasteiger partial charge in [0.1, 0.15) is 12.4 Å². The van der Waals surface area contributed by atoms with E-state index in [-0.39, 0.29) is 30.6 Å². The van der Waals surface area contributed by atoms with Crippen LogP contribution in [0.4, 0.5) is 4.39 Å². The lowest BCUT2D eigenvalue weighted by Gasteiger charge is -2.36. The van der Waals surface area contributed by atoms with E-state index in [0.717, 1.165) is 12.8 Å². The number of amides is 2. The molecule has 1 aromatic rings. The highest BCUT2D eigenvalue weighted by Gasteiger charge is 2.30. The maximum Gasteiger partial charge on any atom is 0.254 e. The highest BCUT2D eigenvalue weighted by atomic mass is 19.1. The molecule has 8 heteroatoms. The number of benzene rings is 1. The number of hydrogen-bond acceptors (Lipinski definition) is 5. The van der Waals surface area contributed by atoms with Gasteiger partial charge in [-0.05, 0) is 31.0 Å². The number of morpholine rings is 1. The Hall–Kier alpha value is -2.03. The molecular weight excluding hydrogens is 367 g/mol. The van der Waals surface area contributed by atoms with Crippen LogP contribution < -0.4 is 0 Å². The Labute approximate surface area is 164 Å². The molecule has 2 fully saturated rings. The molecule has 2 atom stereocenters. The fraction of sp³-hybridized carbons (Fsp3) is 0.600. The Bertz CT molecular complexity index is 680. The van der Waals surface area contributed by atoms with Crippen LogP contribution in [-0.2, 0) is 19.0 Å². The van der Waals surface area contributed by atoms with Gasteiger partial charge in [0.2, 0.25) is 5.91 Å². The van der Waals surface area contributed by atoms with Crippen LogP contribution in [0, 0.1) is 5.82 Å². The highest BCUT2D eigenvalue weighted by molar-refractivity contribution is 5.94. The monoisotopic (exact) mass is 394 g/mol. The maximum absolute atomic E-state index is 13.6. The van der Waals surface area contributed by atoms with E-state index in [9.17, 15) is 14.0 Å². The Morgan fingerprint density at radius 3 is 2.75 bits per heavy atom. The minimum absolute atomic E-state index is 0.0224. The number of methoxy groups -OCH3 is 1. The Morgan fingerprint density at radius 1 is 1.25 bits per heavy atom. The van der Waals surface area contributed by atoms with Gasteiger partial charge in [-0.15, -0.1) is 0 Å². The van der Waals surface area contributed by atoms with Gasteiger partial charge in [-0.25, -0.2) is 4.39 Å². The molecule has 0 aliphatic carbocycles.